The molecule has 0 fully saturated rings. The fourth-order valence-electron chi connectivity index (χ4n) is 3.65. The molecule has 0 amide bonds. The second kappa shape index (κ2) is 6.67. The molecule has 142 valence electrons. The Hall–Kier alpha value is -3.80. The van der Waals surface area contributed by atoms with E-state index < -0.39 is 0 Å². The molecule has 0 aliphatic carbocycles. The number of nitrogens with zero attached hydrogens (tertiary/aromatic N) is 5. The molecular weight excluding hydrogens is 362 g/mol. The zero-order valence-corrected chi connectivity index (χ0v) is 16.2. The molecule has 0 bridgehead atoms. The van der Waals surface area contributed by atoms with Crippen molar-refractivity contribution in [2.75, 3.05) is 0 Å². The summed E-state index contributed by atoms with van der Waals surface area (Å²) in [6.45, 7) is 4.48. The molecule has 0 radical (unpaired) electrons. The highest BCUT2D eigenvalue weighted by Crippen LogP contribution is 2.27. The van der Waals surface area contributed by atoms with Crippen LogP contribution in [0.5, 0.6) is 0 Å². The number of hydrogen-bond acceptors (Lipinski definition) is 4. The summed E-state index contributed by atoms with van der Waals surface area (Å²) in [5.74, 6) is 0. The fourth-order valence-corrected chi connectivity index (χ4v) is 3.65. The lowest BCUT2D eigenvalue weighted by Crippen LogP contribution is -2.22. The average Bonchev–Trinajstić information content (AvgIpc) is 3.08. The smallest absolute Gasteiger partial charge is 0.280 e. The van der Waals surface area contributed by atoms with Crippen molar-refractivity contribution in [1.29, 1.82) is 0 Å². The zero-order chi connectivity index (χ0) is 20.0. The Morgan fingerprint density at radius 2 is 1.66 bits per heavy atom. The van der Waals surface area contributed by atoms with Gasteiger partial charge in [0.25, 0.3) is 5.56 Å². The van der Waals surface area contributed by atoms with E-state index in [9.17, 15) is 4.79 Å². The topological polar surface area (TPSA) is 65.1 Å². The largest absolute Gasteiger partial charge is 0.309 e. The monoisotopic (exact) mass is 381 g/mol. The molecule has 5 aromatic rings. The first-order chi connectivity index (χ1) is 14.1. The minimum absolute atomic E-state index is 0.174. The van der Waals surface area contributed by atoms with Gasteiger partial charge in [0.15, 0.2) is 11.2 Å². The van der Waals surface area contributed by atoms with E-state index in [1.165, 1.54) is 5.56 Å². The highest BCUT2D eigenvalue weighted by molar-refractivity contribution is 5.84. The maximum absolute atomic E-state index is 13.0. The summed E-state index contributed by atoms with van der Waals surface area (Å²) in [5.41, 5.74) is 6.51. The van der Waals surface area contributed by atoms with E-state index in [1.807, 2.05) is 74.5 Å². The lowest BCUT2D eigenvalue weighted by molar-refractivity contribution is 0.760. The summed E-state index contributed by atoms with van der Waals surface area (Å²) < 4.78 is 3.37. The molecule has 3 aromatic heterocycles. The Balaban J connectivity index is 1.66. The Labute approximate surface area is 167 Å². The maximum atomic E-state index is 13.0. The predicted molar refractivity (Wildman–Crippen MR) is 113 cm³/mol. The second-order valence-electron chi connectivity index (χ2n) is 7.23. The van der Waals surface area contributed by atoms with Crippen LogP contribution in [0.3, 0.4) is 0 Å². The van der Waals surface area contributed by atoms with E-state index in [0.717, 1.165) is 22.4 Å². The van der Waals surface area contributed by atoms with Gasteiger partial charge in [-0.2, -0.15) is 5.10 Å². The minimum atomic E-state index is -0.174. The van der Waals surface area contributed by atoms with E-state index in [-0.39, 0.29) is 5.56 Å². The van der Waals surface area contributed by atoms with Gasteiger partial charge in [-0.1, -0.05) is 60.2 Å². The second-order valence-corrected chi connectivity index (χ2v) is 7.23. The molecule has 5 rings (SSSR count). The van der Waals surface area contributed by atoms with Gasteiger partial charge in [-0.25, -0.2) is 4.52 Å². The molecule has 0 spiro atoms. The van der Waals surface area contributed by atoms with E-state index in [0.29, 0.717) is 23.2 Å². The molecule has 0 aliphatic rings. The number of hydrogen-bond donors (Lipinski definition) is 0. The van der Waals surface area contributed by atoms with Gasteiger partial charge in [-0.3, -0.25) is 4.79 Å². The lowest BCUT2D eigenvalue weighted by Gasteiger charge is -2.08. The van der Waals surface area contributed by atoms with E-state index >= 15 is 0 Å². The van der Waals surface area contributed by atoms with Crippen LogP contribution in [0.1, 0.15) is 16.8 Å². The van der Waals surface area contributed by atoms with Crippen molar-refractivity contribution in [2.45, 2.75) is 20.4 Å². The molecule has 0 saturated carbocycles. The number of fused-ring (bicyclic) bond motifs is 3. The Morgan fingerprint density at radius 1 is 0.897 bits per heavy atom. The van der Waals surface area contributed by atoms with Gasteiger partial charge in [-0.05, 0) is 31.0 Å². The Bertz CT molecular complexity index is 1400. The highest BCUT2D eigenvalue weighted by Gasteiger charge is 2.17. The summed E-state index contributed by atoms with van der Waals surface area (Å²) >= 11 is 0. The number of rotatable bonds is 3. The molecule has 0 N–H and O–H groups in total. The van der Waals surface area contributed by atoms with Crippen molar-refractivity contribution < 1.29 is 0 Å². The maximum Gasteiger partial charge on any atom is 0.280 e. The summed E-state index contributed by atoms with van der Waals surface area (Å²) in [5, 5.41) is 13.3. The van der Waals surface area contributed by atoms with Crippen molar-refractivity contribution in [1.82, 2.24) is 24.4 Å². The average molecular weight is 381 g/mol. The predicted octanol–water partition coefficient (Wildman–Crippen LogP) is 3.77. The van der Waals surface area contributed by atoms with Crippen LogP contribution in [0.4, 0.5) is 0 Å². The van der Waals surface area contributed by atoms with Crippen molar-refractivity contribution in [3.8, 4) is 11.1 Å². The Kier molecular flexibility index (Phi) is 3.98. The summed E-state index contributed by atoms with van der Waals surface area (Å²) in [4.78, 5) is 13.0. The SMILES string of the molecule is Cc1ccc(Cn2ccc3c(nnc4c(-c5ccccc5)c(C)nn43)c2=O)cc1. The number of benzene rings is 2. The molecule has 0 aliphatic heterocycles. The molecule has 2 aromatic carbocycles. The van der Waals surface area contributed by atoms with Crippen molar-refractivity contribution in [2.24, 2.45) is 0 Å². The zero-order valence-electron chi connectivity index (χ0n) is 16.2. The molecule has 0 saturated heterocycles. The van der Waals surface area contributed by atoms with Gasteiger partial charge in [0.05, 0.1) is 17.8 Å². The third-order valence-corrected chi connectivity index (χ3v) is 5.16. The van der Waals surface area contributed by atoms with Crippen molar-refractivity contribution >= 4 is 16.7 Å². The van der Waals surface area contributed by atoms with Crippen molar-refractivity contribution in [3.05, 3.63) is 94.0 Å². The standard InChI is InChI=1S/C23H19N5O/c1-15-8-10-17(11-9-15)14-27-13-12-19-21(23(27)29)24-25-22-20(16(2)26-28(19)22)18-6-4-3-5-7-18/h3-13H,14H2,1-2H3. The van der Waals surface area contributed by atoms with Crippen LogP contribution in [0.25, 0.3) is 27.8 Å². The number of pyridine rings is 1. The van der Waals surface area contributed by atoms with Crippen LogP contribution in [0.15, 0.2) is 71.7 Å². The van der Waals surface area contributed by atoms with Crippen LogP contribution in [0.2, 0.25) is 0 Å². The van der Waals surface area contributed by atoms with Gasteiger partial charge in [0.1, 0.15) is 5.52 Å². The van der Waals surface area contributed by atoms with E-state index in [4.69, 9.17) is 0 Å². The summed E-state index contributed by atoms with van der Waals surface area (Å²) in [6.07, 6.45) is 1.80. The van der Waals surface area contributed by atoms with Gasteiger partial charge in [-0.15, -0.1) is 10.2 Å². The minimum Gasteiger partial charge on any atom is -0.309 e. The van der Waals surface area contributed by atoms with Gasteiger partial charge < -0.3 is 4.57 Å². The van der Waals surface area contributed by atoms with Crippen LogP contribution in [0, 0.1) is 13.8 Å². The quantitative estimate of drug-likeness (QED) is 0.477. The van der Waals surface area contributed by atoms with Gasteiger partial charge in [0.2, 0.25) is 0 Å². The van der Waals surface area contributed by atoms with Gasteiger partial charge >= 0.3 is 0 Å². The molecular formula is C23H19N5O. The van der Waals surface area contributed by atoms with Crippen LogP contribution in [-0.4, -0.2) is 24.4 Å². The number of aryl methyl sites for hydroxylation is 2. The summed E-state index contributed by atoms with van der Waals surface area (Å²) in [6, 6.07) is 20.0. The first-order valence-electron chi connectivity index (χ1n) is 9.48. The number of aromatic nitrogens is 5. The van der Waals surface area contributed by atoms with Crippen molar-refractivity contribution in [3.63, 3.8) is 0 Å². The highest BCUT2D eigenvalue weighted by atomic mass is 16.1. The van der Waals surface area contributed by atoms with Crippen LogP contribution < -0.4 is 5.56 Å². The molecule has 29 heavy (non-hydrogen) atoms. The normalized spacial score (nSPS) is 11.4. The first-order valence-corrected chi connectivity index (χ1v) is 9.48. The molecule has 0 atom stereocenters. The lowest BCUT2D eigenvalue weighted by atomic mass is 10.1. The Morgan fingerprint density at radius 3 is 2.41 bits per heavy atom. The molecule has 6 heteroatoms. The van der Waals surface area contributed by atoms with E-state index in [1.54, 1.807) is 15.3 Å². The van der Waals surface area contributed by atoms with Gasteiger partial charge in [0, 0.05) is 6.20 Å². The molecule has 6 nitrogen and oxygen atoms in total. The molecule has 3 heterocycles. The fraction of sp³-hybridized carbons (Fsp3) is 0.130. The third kappa shape index (κ3) is 2.89. The first kappa shape index (κ1) is 17.3. The van der Waals surface area contributed by atoms with Crippen LogP contribution in [-0.2, 0) is 6.54 Å². The summed E-state index contributed by atoms with van der Waals surface area (Å²) in [7, 11) is 0. The third-order valence-electron chi connectivity index (χ3n) is 5.16. The van der Waals surface area contributed by atoms with E-state index in [2.05, 4.69) is 15.3 Å². The van der Waals surface area contributed by atoms with Crippen LogP contribution >= 0.6 is 0 Å². The molecule has 0 unspecified atom stereocenters.